The second-order valence-corrected chi connectivity index (χ2v) is 5.58. The van der Waals surface area contributed by atoms with Gasteiger partial charge in [-0.3, -0.25) is 4.79 Å². The van der Waals surface area contributed by atoms with E-state index in [9.17, 15) is 17.1 Å². The molecule has 22 heavy (non-hydrogen) atoms. The lowest BCUT2D eigenvalue weighted by molar-refractivity contribution is 0.00780. The summed E-state index contributed by atoms with van der Waals surface area (Å²) in [5, 5.41) is 0. The molecule has 0 radical (unpaired) electrons. The van der Waals surface area contributed by atoms with E-state index in [-0.39, 0.29) is 35.7 Å². The van der Waals surface area contributed by atoms with Crippen molar-refractivity contribution in [2.75, 3.05) is 13.1 Å². The highest BCUT2D eigenvalue weighted by Gasteiger charge is 2.24. The summed E-state index contributed by atoms with van der Waals surface area (Å²) in [6.07, 6.45) is 1.18. The summed E-state index contributed by atoms with van der Waals surface area (Å²) in [4.78, 5) is 18.6. The molecule has 1 amide bonds. The second-order valence-electron chi connectivity index (χ2n) is 4.63. The lowest BCUT2D eigenvalue weighted by atomic mass is 10.1. The van der Waals surface area contributed by atoms with E-state index in [0.29, 0.717) is 25.9 Å². The molecule has 7 nitrogen and oxygen atoms in total. The summed E-state index contributed by atoms with van der Waals surface area (Å²) in [5.74, 6) is 4.57. The van der Waals surface area contributed by atoms with Gasteiger partial charge >= 0.3 is 10.5 Å². The molecule has 1 aliphatic rings. The third-order valence-corrected chi connectivity index (χ3v) is 3.59. The largest absolute Gasteiger partial charge is 0.488 e. The van der Waals surface area contributed by atoms with Gasteiger partial charge in [-0.1, -0.05) is 9.95 Å². The van der Waals surface area contributed by atoms with Crippen molar-refractivity contribution in [1.82, 2.24) is 4.90 Å². The van der Waals surface area contributed by atoms with Crippen LogP contribution < -0.4 is 10.1 Å². The van der Waals surface area contributed by atoms with E-state index in [0.717, 1.165) is 0 Å². The van der Waals surface area contributed by atoms with Gasteiger partial charge in [0.15, 0.2) is 0 Å². The van der Waals surface area contributed by atoms with Crippen molar-refractivity contribution in [2.24, 2.45) is 5.90 Å². The molecule has 0 aliphatic carbocycles. The fraction of sp³-hybridized carbons (Fsp3) is 0.417. The third-order valence-electron chi connectivity index (χ3n) is 3.20. The number of likely N-dealkylation sites (tertiary alicyclic amines) is 1. The summed E-state index contributed by atoms with van der Waals surface area (Å²) >= 11 is 0. The van der Waals surface area contributed by atoms with Crippen LogP contribution in [0.2, 0.25) is 0 Å². The summed E-state index contributed by atoms with van der Waals surface area (Å²) in [6.45, 7) is 0.959. The van der Waals surface area contributed by atoms with Gasteiger partial charge in [0, 0.05) is 18.7 Å². The van der Waals surface area contributed by atoms with Crippen LogP contribution in [0.4, 0.5) is 3.89 Å². The van der Waals surface area contributed by atoms with Crippen LogP contribution in [-0.4, -0.2) is 38.4 Å². The van der Waals surface area contributed by atoms with E-state index in [4.69, 9.17) is 10.7 Å². The molecule has 0 spiro atoms. The fourth-order valence-electron chi connectivity index (χ4n) is 2.17. The van der Waals surface area contributed by atoms with Crippen molar-refractivity contribution in [3.63, 3.8) is 0 Å². The Morgan fingerprint density at radius 3 is 2.50 bits per heavy atom. The first-order valence-electron chi connectivity index (χ1n) is 6.28. The Hall–Kier alpha value is -1.42. The highest BCUT2D eigenvalue weighted by molar-refractivity contribution is 7.81. The van der Waals surface area contributed by atoms with Crippen molar-refractivity contribution in [1.29, 1.82) is 0 Å². The molecule has 0 bridgehead atoms. The average Bonchev–Trinajstić information content (AvgIpc) is 2.45. The molecule has 0 atom stereocenters. The Labute approximate surface area is 134 Å². The Bertz CT molecular complexity index is 620. The molecule has 1 aliphatic heterocycles. The molecule has 1 heterocycles. The van der Waals surface area contributed by atoms with Gasteiger partial charge in [-0.05, 0) is 31.0 Å². The number of nitrogens with two attached hydrogens (primary N) is 1. The van der Waals surface area contributed by atoms with Gasteiger partial charge in [0.2, 0.25) is 0 Å². The maximum Gasteiger partial charge on any atom is 0.488 e. The molecule has 1 fully saturated rings. The van der Waals surface area contributed by atoms with Crippen LogP contribution in [-0.2, 0) is 15.3 Å². The number of amides is 1. The Balaban J connectivity index is 0.00000242. The molecule has 1 aromatic carbocycles. The van der Waals surface area contributed by atoms with E-state index in [2.05, 4.69) is 4.18 Å². The molecule has 0 unspecified atom stereocenters. The predicted molar refractivity (Wildman–Crippen MR) is 78.5 cm³/mol. The fourth-order valence-corrected chi connectivity index (χ4v) is 2.51. The molecule has 1 aromatic rings. The van der Waals surface area contributed by atoms with Crippen LogP contribution in [0.5, 0.6) is 5.75 Å². The number of carbonyl (C=O) groups excluding carboxylic acids is 1. The van der Waals surface area contributed by atoms with E-state index >= 15 is 0 Å². The predicted octanol–water partition coefficient (Wildman–Crippen LogP) is 1.20. The number of nitrogens with zero attached hydrogens (tertiary/aromatic N) is 1. The highest BCUT2D eigenvalue weighted by Crippen LogP contribution is 2.19. The number of rotatable bonds is 4. The maximum atomic E-state index is 12.5. The SMILES string of the molecule is Cl.NOC1CCN(C(=O)c2cccc(OS(=O)(=O)F)c2)CC1. The van der Waals surface area contributed by atoms with E-state index in [1.54, 1.807) is 4.90 Å². The van der Waals surface area contributed by atoms with Gasteiger partial charge in [0.25, 0.3) is 5.91 Å². The standard InChI is InChI=1S/C12H15FN2O5S.ClH/c13-21(17,18)20-11-3-1-2-9(8-11)12(16)15-6-4-10(19-14)5-7-15;/h1-3,8,10H,4-7,14H2;1H. The average molecular weight is 355 g/mol. The number of hydrogen-bond acceptors (Lipinski definition) is 6. The highest BCUT2D eigenvalue weighted by atomic mass is 35.5. The molecule has 0 saturated carbocycles. The van der Waals surface area contributed by atoms with Crippen LogP contribution in [0.15, 0.2) is 24.3 Å². The van der Waals surface area contributed by atoms with E-state index < -0.39 is 10.5 Å². The van der Waals surface area contributed by atoms with Crippen molar-refractivity contribution < 1.29 is 26.1 Å². The molecule has 0 aromatic heterocycles. The lowest BCUT2D eigenvalue weighted by Crippen LogP contribution is -2.41. The first kappa shape index (κ1) is 18.6. The Morgan fingerprint density at radius 1 is 1.32 bits per heavy atom. The zero-order valence-corrected chi connectivity index (χ0v) is 13.1. The van der Waals surface area contributed by atoms with Gasteiger partial charge in [0.05, 0.1) is 6.10 Å². The van der Waals surface area contributed by atoms with Gasteiger partial charge < -0.3 is 13.9 Å². The zero-order valence-electron chi connectivity index (χ0n) is 11.5. The van der Waals surface area contributed by atoms with Crippen LogP contribution in [0, 0.1) is 0 Å². The first-order valence-corrected chi connectivity index (χ1v) is 7.59. The minimum Gasteiger partial charge on any atom is -0.358 e. The van der Waals surface area contributed by atoms with E-state index in [1.165, 1.54) is 24.3 Å². The third kappa shape index (κ3) is 5.09. The van der Waals surface area contributed by atoms with Gasteiger partial charge in [-0.2, -0.15) is 8.42 Å². The van der Waals surface area contributed by atoms with Crippen molar-refractivity contribution >= 4 is 28.8 Å². The summed E-state index contributed by atoms with van der Waals surface area (Å²) in [5.41, 5.74) is 0.225. The normalized spacial score (nSPS) is 16.0. The number of hydrogen-bond donors (Lipinski definition) is 1. The minimum absolute atomic E-state index is 0. The van der Waals surface area contributed by atoms with Gasteiger partial charge in [-0.25, -0.2) is 5.90 Å². The summed E-state index contributed by atoms with van der Waals surface area (Å²) in [6, 6.07) is 5.36. The Morgan fingerprint density at radius 2 is 1.95 bits per heavy atom. The minimum atomic E-state index is -5.11. The smallest absolute Gasteiger partial charge is 0.358 e. The van der Waals surface area contributed by atoms with Crippen LogP contribution in [0.25, 0.3) is 0 Å². The lowest BCUT2D eigenvalue weighted by Gasteiger charge is -2.30. The molecule has 2 N–H and O–H groups in total. The van der Waals surface area contributed by atoms with Crippen LogP contribution in [0.3, 0.4) is 0 Å². The Kier molecular flexibility index (Phi) is 6.54. The summed E-state index contributed by atoms with van der Waals surface area (Å²) in [7, 11) is -5.11. The zero-order chi connectivity index (χ0) is 15.5. The number of benzene rings is 1. The quantitative estimate of drug-likeness (QED) is 0.644. The van der Waals surface area contributed by atoms with Crippen molar-refractivity contribution in [2.45, 2.75) is 18.9 Å². The van der Waals surface area contributed by atoms with Crippen LogP contribution in [0.1, 0.15) is 23.2 Å². The number of piperidine rings is 1. The molecule has 10 heteroatoms. The summed E-state index contributed by atoms with van der Waals surface area (Å²) < 4.78 is 37.5. The molecule has 2 rings (SSSR count). The molecule has 124 valence electrons. The molecular formula is C12H16ClFN2O5S. The number of carbonyl (C=O) groups is 1. The number of halogens is 2. The van der Waals surface area contributed by atoms with E-state index in [1.807, 2.05) is 0 Å². The van der Waals surface area contributed by atoms with Gasteiger partial charge in [-0.15, -0.1) is 12.4 Å². The second kappa shape index (κ2) is 7.73. The maximum absolute atomic E-state index is 12.5. The van der Waals surface area contributed by atoms with Gasteiger partial charge in [0.1, 0.15) is 5.75 Å². The molecular weight excluding hydrogens is 339 g/mol. The molecule has 1 saturated heterocycles. The van der Waals surface area contributed by atoms with Crippen molar-refractivity contribution in [3.8, 4) is 5.75 Å². The monoisotopic (exact) mass is 354 g/mol. The first-order chi connectivity index (χ1) is 9.89. The van der Waals surface area contributed by atoms with Crippen molar-refractivity contribution in [3.05, 3.63) is 29.8 Å². The topological polar surface area (TPSA) is 98.9 Å². The van der Waals surface area contributed by atoms with Crippen LogP contribution >= 0.6 is 12.4 Å².